The van der Waals surface area contributed by atoms with E-state index in [-0.39, 0.29) is 0 Å². The van der Waals surface area contributed by atoms with E-state index in [1.165, 1.54) is 96.3 Å². The van der Waals surface area contributed by atoms with E-state index < -0.39 is 11.9 Å². The minimum absolute atomic E-state index is 0.376. The first-order valence-electron chi connectivity index (χ1n) is 11.2. The van der Waals surface area contributed by atoms with Gasteiger partial charge < -0.3 is 9.84 Å². The fourth-order valence-electron chi connectivity index (χ4n) is 3.19. The molecular formula is C23H42O4. The first kappa shape index (κ1) is 25.7. The van der Waals surface area contributed by atoms with Crippen molar-refractivity contribution in [1.29, 1.82) is 0 Å². The Bertz CT molecular complexity index is 377. The lowest BCUT2D eigenvalue weighted by molar-refractivity contribution is -0.138. The highest BCUT2D eigenvalue weighted by molar-refractivity contribution is 5.90. The standard InChI is InChI=1S/C23H42O4/c1-2-3-4-5-6-7-8-9-10-11-12-13-14-15-16-17-18-21-27-23(26)20-19-22(24)25/h19-20H,2-18,21H2,1H3,(H,24,25)/b20-19-. The molecule has 27 heavy (non-hydrogen) atoms. The highest BCUT2D eigenvalue weighted by atomic mass is 16.5. The lowest BCUT2D eigenvalue weighted by Gasteiger charge is -2.04. The molecule has 4 heteroatoms. The van der Waals surface area contributed by atoms with Gasteiger partial charge in [-0.25, -0.2) is 9.59 Å². The molecule has 0 radical (unpaired) electrons. The first-order chi connectivity index (χ1) is 13.2. The summed E-state index contributed by atoms with van der Waals surface area (Å²) in [6.45, 7) is 2.65. The van der Waals surface area contributed by atoms with E-state index in [9.17, 15) is 9.59 Å². The van der Waals surface area contributed by atoms with Crippen molar-refractivity contribution in [1.82, 2.24) is 0 Å². The molecule has 0 saturated carbocycles. The number of unbranched alkanes of at least 4 members (excludes halogenated alkanes) is 16. The summed E-state index contributed by atoms with van der Waals surface area (Å²) >= 11 is 0. The highest BCUT2D eigenvalue weighted by Gasteiger charge is 1.98. The van der Waals surface area contributed by atoms with Gasteiger partial charge in [-0.15, -0.1) is 0 Å². The molecule has 0 rings (SSSR count). The Morgan fingerprint density at radius 1 is 0.630 bits per heavy atom. The van der Waals surface area contributed by atoms with Crippen molar-refractivity contribution in [3.8, 4) is 0 Å². The molecule has 0 amide bonds. The second-order valence-electron chi connectivity index (χ2n) is 7.50. The lowest BCUT2D eigenvalue weighted by atomic mass is 10.0. The maximum atomic E-state index is 11.1. The number of rotatable bonds is 20. The molecule has 1 N–H and O–H groups in total. The molecule has 0 saturated heterocycles. The zero-order valence-corrected chi connectivity index (χ0v) is 17.6. The van der Waals surface area contributed by atoms with Crippen LogP contribution in [0.15, 0.2) is 12.2 Å². The molecule has 0 aliphatic heterocycles. The van der Waals surface area contributed by atoms with Crippen LogP contribution in [0.4, 0.5) is 0 Å². The highest BCUT2D eigenvalue weighted by Crippen LogP contribution is 2.14. The normalized spacial score (nSPS) is 11.1. The fourth-order valence-corrected chi connectivity index (χ4v) is 3.19. The molecular weight excluding hydrogens is 340 g/mol. The number of aliphatic carboxylic acids is 1. The second-order valence-corrected chi connectivity index (χ2v) is 7.50. The van der Waals surface area contributed by atoms with Gasteiger partial charge in [-0.3, -0.25) is 0 Å². The SMILES string of the molecule is CCCCCCCCCCCCCCCCCCCOC(=O)/C=C\C(=O)O. The Hall–Kier alpha value is -1.32. The van der Waals surface area contributed by atoms with Crippen LogP contribution in [-0.2, 0) is 14.3 Å². The van der Waals surface area contributed by atoms with E-state index in [2.05, 4.69) is 6.92 Å². The number of carbonyl (C=O) groups is 2. The molecule has 4 nitrogen and oxygen atoms in total. The zero-order chi connectivity index (χ0) is 20.0. The number of carbonyl (C=O) groups excluding carboxylic acids is 1. The Balaban J connectivity index is 3.13. The predicted molar refractivity (Wildman–Crippen MR) is 112 cm³/mol. The summed E-state index contributed by atoms with van der Waals surface area (Å²) in [6.07, 6.45) is 24.2. The molecule has 0 aliphatic rings. The van der Waals surface area contributed by atoms with Gasteiger partial charge in [0.05, 0.1) is 6.61 Å². The van der Waals surface area contributed by atoms with Crippen LogP contribution in [0.1, 0.15) is 116 Å². The van der Waals surface area contributed by atoms with Gasteiger partial charge in [0.2, 0.25) is 0 Å². The Morgan fingerprint density at radius 2 is 1.00 bits per heavy atom. The number of hydrogen-bond donors (Lipinski definition) is 1. The smallest absolute Gasteiger partial charge is 0.331 e. The molecule has 0 spiro atoms. The number of carboxylic acids is 1. The predicted octanol–water partition coefficient (Wildman–Crippen LogP) is 6.82. The van der Waals surface area contributed by atoms with Crippen LogP contribution in [0.2, 0.25) is 0 Å². The quantitative estimate of drug-likeness (QED) is 0.142. The summed E-state index contributed by atoms with van der Waals surface area (Å²) in [6, 6.07) is 0. The number of hydrogen-bond acceptors (Lipinski definition) is 3. The summed E-state index contributed by atoms with van der Waals surface area (Å²) in [5.41, 5.74) is 0. The molecule has 0 aromatic carbocycles. The lowest BCUT2D eigenvalue weighted by Crippen LogP contribution is -2.03. The van der Waals surface area contributed by atoms with Crippen LogP contribution in [0.5, 0.6) is 0 Å². The van der Waals surface area contributed by atoms with Gasteiger partial charge >= 0.3 is 11.9 Å². The van der Waals surface area contributed by atoms with Crippen molar-refractivity contribution in [3.05, 3.63) is 12.2 Å². The number of esters is 1. The van der Waals surface area contributed by atoms with Crippen LogP contribution in [0.3, 0.4) is 0 Å². The molecule has 0 aromatic rings. The summed E-state index contributed by atoms with van der Waals surface area (Å²) < 4.78 is 4.93. The Labute approximate surface area is 166 Å². The molecule has 0 aliphatic carbocycles. The van der Waals surface area contributed by atoms with E-state index >= 15 is 0 Å². The maximum absolute atomic E-state index is 11.1. The van der Waals surface area contributed by atoms with E-state index in [4.69, 9.17) is 9.84 Å². The number of ether oxygens (including phenoxy) is 1. The number of carboxylic acid groups (broad SMARTS) is 1. The molecule has 158 valence electrons. The van der Waals surface area contributed by atoms with E-state index in [0.717, 1.165) is 25.0 Å². The van der Waals surface area contributed by atoms with Crippen molar-refractivity contribution >= 4 is 11.9 Å². The van der Waals surface area contributed by atoms with Crippen molar-refractivity contribution in [3.63, 3.8) is 0 Å². The zero-order valence-electron chi connectivity index (χ0n) is 17.6. The summed E-state index contributed by atoms with van der Waals surface area (Å²) in [5.74, 6) is -1.71. The van der Waals surface area contributed by atoms with Gasteiger partial charge in [-0.1, -0.05) is 110 Å². The first-order valence-corrected chi connectivity index (χ1v) is 11.2. The minimum atomic E-state index is -1.13. The molecule has 0 bridgehead atoms. The summed E-state index contributed by atoms with van der Waals surface area (Å²) in [5, 5.41) is 8.40. The minimum Gasteiger partial charge on any atom is -0.478 e. The largest absolute Gasteiger partial charge is 0.478 e. The average molecular weight is 383 g/mol. The average Bonchev–Trinajstić information content (AvgIpc) is 2.65. The molecule has 0 atom stereocenters. The van der Waals surface area contributed by atoms with Crippen molar-refractivity contribution in [2.24, 2.45) is 0 Å². The van der Waals surface area contributed by atoms with Gasteiger partial charge in [0.1, 0.15) is 0 Å². The van der Waals surface area contributed by atoms with Crippen molar-refractivity contribution in [2.45, 2.75) is 116 Å². The summed E-state index contributed by atoms with van der Waals surface area (Å²) in [4.78, 5) is 21.4. The monoisotopic (exact) mass is 382 g/mol. The van der Waals surface area contributed by atoms with Gasteiger partial charge in [-0.05, 0) is 6.42 Å². The third-order valence-electron chi connectivity index (χ3n) is 4.85. The van der Waals surface area contributed by atoms with Crippen LogP contribution in [0.25, 0.3) is 0 Å². The van der Waals surface area contributed by atoms with Crippen LogP contribution in [0, 0.1) is 0 Å². The van der Waals surface area contributed by atoms with Gasteiger partial charge in [-0.2, -0.15) is 0 Å². The van der Waals surface area contributed by atoms with Gasteiger partial charge in [0, 0.05) is 12.2 Å². The van der Waals surface area contributed by atoms with Gasteiger partial charge in [0.25, 0.3) is 0 Å². The van der Waals surface area contributed by atoms with Gasteiger partial charge in [0.15, 0.2) is 0 Å². The van der Waals surface area contributed by atoms with Crippen LogP contribution < -0.4 is 0 Å². The Morgan fingerprint density at radius 3 is 1.37 bits per heavy atom. The van der Waals surface area contributed by atoms with E-state index in [0.29, 0.717) is 6.61 Å². The third kappa shape index (κ3) is 22.6. The topological polar surface area (TPSA) is 63.6 Å². The van der Waals surface area contributed by atoms with E-state index in [1.54, 1.807) is 0 Å². The Kier molecular flexibility index (Phi) is 20.0. The maximum Gasteiger partial charge on any atom is 0.331 e. The van der Waals surface area contributed by atoms with Crippen LogP contribution in [-0.4, -0.2) is 23.7 Å². The molecule has 0 fully saturated rings. The van der Waals surface area contributed by atoms with Crippen molar-refractivity contribution in [2.75, 3.05) is 6.61 Å². The third-order valence-corrected chi connectivity index (χ3v) is 4.85. The fraction of sp³-hybridized carbons (Fsp3) is 0.826. The van der Waals surface area contributed by atoms with Crippen molar-refractivity contribution < 1.29 is 19.4 Å². The van der Waals surface area contributed by atoms with Crippen LogP contribution >= 0.6 is 0 Å². The van der Waals surface area contributed by atoms with E-state index in [1.807, 2.05) is 0 Å². The molecule has 0 heterocycles. The second kappa shape index (κ2) is 21.0. The molecule has 0 unspecified atom stereocenters. The molecule has 0 aromatic heterocycles. The summed E-state index contributed by atoms with van der Waals surface area (Å²) in [7, 11) is 0.